The van der Waals surface area contributed by atoms with Crippen LogP contribution in [0.3, 0.4) is 0 Å². The number of piperidine rings is 1. The number of para-hydroxylation sites is 1. The first kappa shape index (κ1) is 17.4. The Morgan fingerprint density at radius 3 is 2.96 bits per heavy atom. The number of nitrogens with zero attached hydrogens (tertiary/aromatic N) is 3. The van der Waals surface area contributed by atoms with E-state index < -0.39 is 0 Å². The monoisotopic (exact) mass is 374 g/mol. The molecule has 26 heavy (non-hydrogen) atoms. The van der Waals surface area contributed by atoms with E-state index in [1.165, 1.54) is 0 Å². The van der Waals surface area contributed by atoms with E-state index in [2.05, 4.69) is 10.4 Å². The molecule has 2 aromatic rings. The van der Waals surface area contributed by atoms with Crippen LogP contribution in [0.1, 0.15) is 35.8 Å². The number of carbonyl (C=O) groups excluding carboxylic acids is 1. The van der Waals surface area contributed by atoms with Gasteiger partial charge in [-0.15, -0.1) is 0 Å². The predicted octanol–water partition coefficient (Wildman–Crippen LogP) is 2.75. The summed E-state index contributed by atoms with van der Waals surface area (Å²) in [6.45, 7) is 3.20. The van der Waals surface area contributed by atoms with E-state index in [1.807, 2.05) is 46.1 Å². The Bertz CT molecular complexity index is 772. The topological polar surface area (TPSA) is 59.4 Å². The van der Waals surface area contributed by atoms with E-state index in [1.54, 1.807) is 0 Å². The van der Waals surface area contributed by atoms with Crippen LogP contribution in [0.2, 0.25) is 5.02 Å². The number of hydrogen-bond acceptors (Lipinski definition) is 4. The number of nitrogens with one attached hydrogen (secondary N) is 1. The van der Waals surface area contributed by atoms with Crippen LogP contribution in [-0.2, 0) is 0 Å². The molecule has 0 bridgehead atoms. The number of amides is 1. The normalized spacial score (nSPS) is 23.2. The Balaban J connectivity index is 1.37. The maximum Gasteiger partial charge on any atom is 0.274 e. The van der Waals surface area contributed by atoms with Crippen molar-refractivity contribution in [2.24, 2.45) is 0 Å². The van der Waals surface area contributed by atoms with Gasteiger partial charge in [0.2, 0.25) is 0 Å². The summed E-state index contributed by atoms with van der Waals surface area (Å²) in [4.78, 5) is 14.6. The van der Waals surface area contributed by atoms with Gasteiger partial charge in [0.1, 0.15) is 17.5 Å². The van der Waals surface area contributed by atoms with Gasteiger partial charge in [0.25, 0.3) is 5.91 Å². The number of carbonyl (C=O) groups is 1. The maximum atomic E-state index is 12.8. The number of rotatable bonds is 4. The SMILES string of the molecule is O=C(c1ccn(C2CCCNC2)n1)N1CCC(Oc2ccccc2Cl)C1. The maximum absolute atomic E-state index is 12.8. The Kier molecular flexibility index (Phi) is 5.13. The van der Waals surface area contributed by atoms with E-state index >= 15 is 0 Å². The van der Waals surface area contributed by atoms with Crippen molar-refractivity contribution in [2.75, 3.05) is 26.2 Å². The molecule has 2 fully saturated rings. The third-order valence-corrected chi connectivity index (χ3v) is 5.35. The molecule has 1 aromatic carbocycles. The zero-order valence-corrected chi connectivity index (χ0v) is 15.4. The second-order valence-electron chi connectivity index (χ2n) is 6.89. The van der Waals surface area contributed by atoms with Crippen molar-refractivity contribution in [1.82, 2.24) is 20.0 Å². The molecule has 1 amide bonds. The fraction of sp³-hybridized carbons (Fsp3) is 0.474. The Morgan fingerprint density at radius 1 is 1.27 bits per heavy atom. The standard InChI is InChI=1S/C19H23ClN4O2/c20-16-5-1-2-6-18(16)26-15-7-10-23(13-15)19(25)17-8-11-24(22-17)14-4-3-9-21-12-14/h1-2,5-6,8,11,14-15,21H,3-4,7,9-10,12-13H2. The largest absolute Gasteiger partial charge is 0.487 e. The zero-order chi connectivity index (χ0) is 17.9. The van der Waals surface area contributed by atoms with Crippen molar-refractivity contribution in [3.8, 4) is 5.75 Å². The van der Waals surface area contributed by atoms with Crippen molar-refractivity contribution in [1.29, 1.82) is 0 Å². The minimum Gasteiger partial charge on any atom is -0.487 e. The minimum atomic E-state index is -0.0384. The summed E-state index contributed by atoms with van der Waals surface area (Å²) in [6, 6.07) is 9.58. The van der Waals surface area contributed by atoms with E-state index in [4.69, 9.17) is 16.3 Å². The highest BCUT2D eigenvalue weighted by Crippen LogP contribution is 2.27. The highest BCUT2D eigenvalue weighted by atomic mass is 35.5. The van der Waals surface area contributed by atoms with Crippen LogP contribution in [0.5, 0.6) is 5.75 Å². The van der Waals surface area contributed by atoms with Crippen molar-refractivity contribution >= 4 is 17.5 Å². The van der Waals surface area contributed by atoms with Gasteiger partial charge in [-0.3, -0.25) is 9.48 Å². The van der Waals surface area contributed by atoms with Crippen LogP contribution in [0.25, 0.3) is 0 Å². The molecule has 2 atom stereocenters. The molecule has 4 rings (SSSR count). The molecule has 7 heteroatoms. The van der Waals surface area contributed by atoms with Crippen molar-refractivity contribution in [3.05, 3.63) is 47.2 Å². The molecule has 1 aromatic heterocycles. The molecular formula is C19H23ClN4O2. The molecule has 1 N–H and O–H groups in total. The fourth-order valence-electron chi connectivity index (χ4n) is 3.61. The van der Waals surface area contributed by atoms with Gasteiger partial charge in [0.15, 0.2) is 0 Å². The Morgan fingerprint density at radius 2 is 2.15 bits per heavy atom. The van der Waals surface area contributed by atoms with E-state index in [0.717, 1.165) is 32.4 Å². The van der Waals surface area contributed by atoms with Crippen LogP contribution in [0, 0.1) is 0 Å². The summed E-state index contributed by atoms with van der Waals surface area (Å²) in [7, 11) is 0. The summed E-state index contributed by atoms with van der Waals surface area (Å²) in [6.07, 6.45) is 4.91. The average molecular weight is 375 g/mol. The van der Waals surface area contributed by atoms with Gasteiger partial charge < -0.3 is 15.0 Å². The first-order chi connectivity index (χ1) is 12.7. The molecule has 138 valence electrons. The molecule has 2 unspecified atom stereocenters. The number of halogens is 1. The van der Waals surface area contributed by atoms with Gasteiger partial charge in [-0.05, 0) is 37.6 Å². The Labute approximate surface area is 158 Å². The lowest BCUT2D eigenvalue weighted by Gasteiger charge is -2.23. The molecule has 2 aliphatic heterocycles. The van der Waals surface area contributed by atoms with Crippen LogP contribution >= 0.6 is 11.6 Å². The molecule has 2 aliphatic rings. The molecular weight excluding hydrogens is 352 g/mol. The molecule has 0 radical (unpaired) electrons. The van der Waals surface area contributed by atoms with Gasteiger partial charge in [-0.2, -0.15) is 5.10 Å². The number of aromatic nitrogens is 2. The van der Waals surface area contributed by atoms with Crippen LogP contribution in [-0.4, -0.2) is 52.9 Å². The van der Waals surface area contributed by atoms with Gasteiger partial charge in [0, 0.05) is 25.7 Å². The summed E-state index contributed by atoms with van der Waals surface area (Å²) in [5, 5.41) is 8.50. The molecule has 3 heterocycles. The minimum absolute atomic E-state index is 0.0298. The lowest BCUT2D eigenvalue weighted by Crippen LogP contribution is -2.33. The van der Waals surface area contributed by atoms with Gasteiger partial charge in [0.05, 0.1) is 17.6 Å². The number of hydrogen-bond donors (Lipinski definition) is 1. The number of likely N-dealkylation sites (tertiary alicyclic amines) is 1. The number of ether oxygens (including phenoxy) is 1. The molecule has 2 saturated heterocycles. The van der Waals surface area contributed by atoms with E-state index in [-0.39, 0.29) is 12.0 Å². The lowest BCUT2D eigenvalue weighted by atomic mass is 10.1. The zero-order valence-electron chi connectivity index (χ0n) is 14.6. The quantitative estimate of drug-likeness (QED) is 0.894. The third-order valence-electron chi connectivity index (χ3n) is 5.03. The third kappa shape index (κ3) is 3.71. The van der Waals surface area contributed by atoms with Crippen LogP contribution in [0.4, 0.5) is 0 Å². The first-order valence-corrected chi connectivity index (χ1v) is 9.55. The second kappa shape index (κ2) is 7.68. The molecule has 6 nitrogen and oxygen atoms in total. The van der Waals surface area contributed by atoms with Crippen molar-refractivity contribution < 1.29 is 9.53 Å². The number of benzene rings is 1. The van der Waals surface area contributed by atoms with E-state index in [9.17, 15) is 4.79 Å². The highest BCUT2D eigenvalue weighted by Gasteiger charge is 2.30. The second-order valence-corrected chi connectivity index (χ2v) is 7.30. The van der Waals surface area contributed by atoms with Crippen LogP contribution < -0.4 is 10.1 Å². The van der Waals surface area contributed by atoms with Gasteiger partial charge in [-0.1, -0.05) is 23.7 Å². The molecule has 0 spiro atoms. The fourth-order valence-corrected chi connectivity index (χ4v) is 3.79. The van der Waals surface area contributed by atoms with Gasteiger partial charge in [-0.25, -0.2) is 0 Å². The summed E-state index contributed by atoms with van der Waals surface area (Å²) in [5.41, 5.74) is 0.508. The summed E-state index contributed by atoms with van der Waals surface area (Å²) in [5.74, 6) is 0.639. The van der Waals surface area contributed by atoms with Crippen LogP contribution in [0.15, 0.2) is 36.5 Å². The van der Waals surface area contributed by atoms with Crippen molar-refractivity contribution in [3.63, 3.8) is 0 Å². The lowest BCUT2D eigenvalue weighted by molar-refractivity contribution is 0.0765. The predicted molar refractivity (Wildman–Crippen MR) is 99.8 cm³/mol. The smallest absolute Gasteiger partial charge is 0.274 e. The van der Waals surface area contributed by atoms with Crippen molar-refractivity contribution in [2.45, 2.75) is 31.4 Å². The first-order valence-electron chi connectivity index (χ1n) is 9.17. The molecule has 0 saturated carbocycles. The molecule has 0 aliphatic carbocycles. The summed E-state index contributed by atoms with van der Waals surface area (Å²) >= 11 is 6.15. The van der Waals surface area contributed by atoms with Gasteiger partial charge >= 0.3 is 0 Å². The summed E-state index contributed by atoms with van der Waals surface area (Å²) < 4.78 is 7.89. The average Bonchev–Trinajstić information content (AvgIpc) is 3.34. The highest BCUT2D eigenvalue weighted by molar-refractivity contribution is 6.32. The van der Waals surface area contributed by atoms with E-state index in [0.29, 0.717) is 35.6 Å². The Hall–Kier alpha value is -2.05.